The van der Waals surface area contributed by atoms with Gasteiger partial charge in [0.05, 0.1) is 32.4 Å². The van der Waals surface area contributed by atoms with Crippen LogP contribution in [0.15, 0.2) is 47.6 Å². The fraction of sp³-hybridized carbons (Fsp3) is 0.300. The number of hydrazone groups is 1. The minimum Gasteiger partial charge on any atom is -0.493 e. The second-order valence-corrected chi connectivity index (χ2v) is 8.10. The monoisotopic (exact) mass is 419 g/mol. The molecule has 0 aliphatic heterocycles. The highest BCUT2D eigenvalue weighted by atomic mass is 32.2. The van der Waals surface area contributed by atoms with Gasteiger partial charge in [0, 0.05) is 0 Å². The molecule has 0 unspecified atom stereocenters. The largest absolute Gasteiger partial charge is 0.493 e. The van der Waals surface area contributed by atoms with Crippen LogP contribution in [-0.4, -0.2) is 47.6 Å². The molecule has 2 rings (SSSR count). The molecule has 0 spiro atoms. The van der Waals surface area contributed by atoms with Crippen molar-refractivity contribution in [2.24, 2.45) is 5.10 Å². The molecule has 2 aromatic rings. The van der Waals surface area contributed by atoms with Crippen LogP contribution in [0.4, 0.5) is 5.69 Å². The molecule has 0 radical (unpaired) electrons. The molecule has 1 N–H and O–H groups in total. The van der Waals surface area contributed by atoms with E-state index < -0.39 is 15.9 Å². The molecule has 0 saturated carbocycles. The summed E-state index contributed by atoms with van der Waals surface area (Å²) in [6.45, 7) is 1.63. The van der Waals surface area contributed by atoms with E-state index in [1.807, 2.05) is 19.1 Å². The third-order valence-corrected chi connectivity index (χ3v) is 5.27. The van der Waals surface area contributed by atoms with Gasteiger partial charge in [-0.2, -0.15) is 5.10 Å². The quantitative estimate of drug-likeness (QED) is 0.496. The molecule has 0 saturated heterocycles. The van der Waals surface area contributed by atoms with E-state index in [9.17, 15) is 13.2 Å². The van der Waals surface area contributed by atoms with Gasteiger partial charge >= 0.3 is 0 Å². The molecule has 0 aliphatic rings. The fourth-order valence-corrected chi connectivity index (χ4v) is 3.43. The Morgan fingerprint density at radius 1 is 1.10 bits per heavy atom. The van der Waals surface area contributed by atoms with Crippen LogP contribution in [0.25, 0.3) is 0 Å². The average molecular weight is 420 g/mol. The SMILES string of the molecule is CCc1ccc(N(CC(=O)N/N=C\c2ccc(OC)c(OC)c2)S(C)(=O)=O)cc1. The van der Waals surface area contributed by atoms with Gasteiger partial charge in [0.15, 0.2) is 11.5 Å². The lowest BCUT2D eigenvalue weighted by Crippen LogP contribution is -2.39. The number of benzene rings is 2. The number of nitrogens with zero attached hydrogens (tertiary/aromatic N) is 2. The number of rotatable bonds is 9. The van der Waals surface area contributed by atoms with E-state index in [2.05, 4.69) is 10.5 Å². The lowest BCUT2D eigenvalue weighted by Gasteiger charge is -2.21. The first-order chi connectivity index (χ1) is 13.8. The maximum atomic E-state index is 12.2. The number of amides is 1. The zero-order valence-corrected chi connectivity index (χ0v) is 17.7. The van der Waals surface area contributed by atoms with Crippen LogP contribution >= 0.6 is 0 Å². The van der Waals surface area contributed by atoms with Crippen molar-refractivity contribution in [2.75, 3.05) is 31.3 Å². The Morgan fingerprint density at radius 3 is 2.31 bits per heavy atom. The molecule has 0 aromatic heterocycles. The number of anilines is 1. The summed E-state index contributed by atoms with van der Waals surface area (Å²) in [6, 6.07) is 12.2. The molecule has 29 heavy (non-hydrogen) atoms. The van der Waals surface area contributed by atoms with Crippen molar-refractivity contribution in [2.45, 2.75) is 13.3 Å². The van der Waals surface area contributed by atoms with Gasteiger partial charge in [-0.15, -0.1) is 0 Å². The molecule has 1 amide bonds. The number of nitrogens with one attached hydrogen (secondary N) is 1. The Bertz CT molecular complexity index is 972. The van der Waals surface area contributed by atoms with Gasteiger partial charge in [0.2, 0.25) is 10.0 Å². The molecule has 9 heteroatoms. The number of aryl methyl sites for hydroxylation is 1. The summed E-state index contributed by atoms with van der Waals surface area (Å²) in [7, 11) is -0.578. The summed E-state index contributed by atoms with van der Waals surface area (Å²) >= 11 is 0. The maximum absolute atomic E-state index is 12.2. The van der Waals surface area contributed by atoms with E-state index in [4.69, 9.17) is 9.47 Å². The molecule has 0 fully saturated rings. The van der Waals surface area contributed by atoms with Gasteiger partial charge in [-0.3, -0.25) is 9.10 Å². The van der Waals surface area contributed by atoms with Crippen LogP contribution < -0.4 is 19.2 Å². The molecular weight excluding hydrogens is 394 g/mol. The zero-order valence-electron chi connectivity index (χ0n) is 16.9. The van der Waals surface area contributed by atoms with Crippen molar-refractivity contribution in [1.82, 2.24) is 5.43 Å². The van der Waals surface area contributed by atoms with Crippen molar-refractivity contribution in [3.8, 4) is 11.5 Å². The highest BCUT2D eigenvalue weighted by molar-refractivity contribution is 7.92. The summed E-state index contributed by atoms with van der Waals surface area (Å²) in [5, 5.41) is 3.89. The van der Waals surface area contributed by atoms with Crippen LogP contribution in [0.3, 0.4) is 0 Å². The average Bonchev–Trinajstić information content (AvgIpc) is 2.71. The van der Waals surface area contributed by atoms with Crippen molar-refractivity contribution in [3.63, 3.8) is 0 Å². The minimum atomic E-state index is -3.64. The second-order valence-electron chi connectivity index (χ2n) is 6.20. The Labute approximate surface area is 171 Å². The lowest BCUT2D eigenvalue weighted by molar-refractivity contribution is -0.119. The fourth-order valence-electron chi connectivity index (χ4n) is 2.58. The van der Waals surface area contributed by atoms with E-state index in [0.29, 0.717) is 22.7 Å². The normalized spacial score (nSPS) is 11.3. The third kappa shape index (κ3) is 6.21. The molecule has 2 aromatic carbocycles. The summed E-state index contributed by atoms with van der Waals surface area (Å²) in [5.41, 5.74) is 4.52. The van der Waals surface area contributed by atoms with E-state index in [1.54, 1.807) is 30.3 Å². The van der Waals surface area contributed by atoms with Crippen molar-refractivity contribution < 1.29 is 22.7 Å². The van der Waals surface area contributed by atoms with Gasteiger partial charge in [-0.05, 0) is 47.9 Å². The summed E-state index contributed by atoms with van der Waals surface area (Å²) in [4.78, 5) is 12.2. The summed E-state index contributed by atoms with van der Waals surface area (Å²) < 4.78 is 35.7. The van der Waals surface area contributed by atoms with E-state index in [-0.39, 0.29) is 6.54 Å². The Balaban J connectivity index is 2.07. The van der Waals surface area contributed by atoms with Crippen LogP contribution in [0.1, 0.15) is 18.1 Å². The van der Waals surface area contributed by atoms with Gasteiger partial charge in [-0.1, -0.05) is 19.1 Å². The predicted molar refractivity (Wildman–Crippen MR) is 113 cm³/mol. The molecule has 0 aliphatic carbocycles. The third-order valence-electron chi connectivity index (χ3n) is 4.13. The van der Waals surface area contributed by atoms with Crippen molar-refractivity contribution in [1.29, 1.82) is 0 Å². The summed E-state index contributed by atoms with van der Waals surface area (Å²) in [5.74, 6) is 0.542. The Kier molecular flexibility index (Phi) is 7.60. The molecule has 8 nitrogen and oxygen atoms in total. The van der Waals surface area contributed by atoms with E-state index in [1.165, 1.54) is 20.4 Å². The van der Waals surface area contributed by atoms with Crippen LogP contribution in [-0.2, 0) is 21.2 Å². The number of hydrogen-bond donors (Lipinski definition) is 1. The highest BCUT2D eigenvalue weighted by Gasteiger charge is 2.20. The molecule has 0 bridgehead atoms. The molecule has 0 atom stereocenters. The van der Waals surface area contributed by atoms with Crippen molar-refractivity contribution in [3.05, 3.63) is 53.6 Å². The number of ether oxygens (including phenoxy) is 2. The standard InChI is InChI=1S/C20H25N3O5S/c1-5-15-6-9-17(10-7-15)23(29(4,25)26)14-20(24)22-21-13-16-8-11-18(27-2)19(12-16)28-3/h6-13H,5,14H2,1-4H3,(H,22,24)/b21-13-. The van der Waals surface area contributed by atoms with E-state index >= 15 is 0 Å². The summed E-state index contributed by atoms with van der Waals surface area (Å²) in [6.07, 6.45) is 3.33. The second kappa shape index (κ2) is 9.92. The first kappa shape index (κ1) is 22.2. The lowest BCUT2D eigenvalue weighted by atomic mass is 10.1. The van der Waals surface area contributed by atoms with Crippen LogP contribution in [0, 0.1) is 0 Å². The number of methoxy groups -OCH3 is 2. The number of carbonyl (C=O) groups is 1. The van der Waals surface area contributed by atoms with Crippen LogP contribution in [0.2, 0.25) is 0 Å². The number of hydrogen-bond acceptors (Lipinski definition) is 6. The maximum Gasteiger partial charge on any atom is 0.260 e. The first-order valence-electron chi connectivity index (χ1n) is 8.89. The molecule has 0 heterocycles. The first-order valence-corrected chi connectivity index (χ1v) is 10.7. The smallest absolute Gasteiger partial charge is 0.260 e. The van der Waals surface area contributed by atoms with Crippen LogP contribution in [0.5, 0.6) is 11.5 Å². The minimum absolute atomic E-state index is 0.381. The van der Waals surface area contributed by atoms with Gasteiger partial charge < -0.3 is 9.47 Å². The highest BCUT2D eigenvalue weighted by Crippen LogP contribution is 2.26. The van der Waals surface area contributed by atoms with Gasteiger partial charge in [0.1, 0.15) is 6.54 Å². The number of sulfonamides is 1. The Morgan fingerprint density at radius 2 is 1.76 bits per heavy atom. The topological polar surface area (TPSA) is 97.3 Å². The predicted octanol–water partition coefficient (Wildman–Crippen LogP) is 2.18. The van der Waals surface area contributed by atoms with Gasteiger partial charge in [0.25, 0.3) is 5.91 Å². The van der Waals surface area contributed by atoms with Crippen molar-refractivity contribution >= 4 is 27.8 Å². The molecule has 156 valence electrons. The Hall–Kier alpha value is -3.07. The zero-order chi connectivity index (χ0) is 21.4. The van der Waals surface area contributed by atoms with Gasteiger partial charge in [-0.25, -0.2) is 13.8 Å². The molecular formula is C20H25N3O5S. The number of carbonyl (C=O) groups excluding carboxylic acids is 1. The van der Waals surface area contributed by atoms with E-state index in [0.717, 1.165) is 22.5 Å².